The summed E-state index contributed by atoms with van der Waals surface area (Å²) >= 11 is 0. The molecule has 3 aromatic carbocycles. The molecule has 5 rings (SSSR count). The fourth-order valence-electron chi connectivity index (χ4n) is 5.67. The van der Waals surface area contributed by atoms with Gasteiger partial charge in [0.25, 0.3) is 0 Å². The van der Waals surface area contributed by atoms with Crippen LogP contribution in [-0.2, 0) is 9.59 Å². The number of ether oxygens (including phenoxy) is 3. The number of piperidine rings is 1. The molecule has 2 saturated heterocycles. The summed E-state index contributed by atoms with van der Waals surface area (Å²) in [6.45, 7) is 2.65. The number of rotatable bonds is 7. The van der Waals surface area contributed by atoms with Crippen LogP contribution in [0.5, 0.6) is 17.2 Å². The monoisotopic (exact) mass is 529 g/mol. The van der Waals surface area contributed by atoms with Crippen molar-refractivity contribution in [2.45, 2.75) is 18.9 Å². The molecule has 0 unspecified atom stereocenters. The van der Waals surface area contributed by atoms with Crippen LogP contribution in [0.4, 0.5) is 11.4 Å². The Morgan fingerprint density at radius 2 is 1.38 bits per heavy atom. The molecule has 8 nitrogen and oxygen atoms in total. The van der Waals surface area contributed by atoms with Crippen molar-refractivity contribution in [1.29, 1.82) is 0 Å². The van der Waals surface area contributed by atoms with Gasteiger partial charge in [0.05, 0.1) is 39.0 Å². The number of anilines is 2. The highest BCUT2D eigenvalue weighted by Crippen LogP contribution is 2.42. The largest absolute Gasteiger partial charge is 0.497 e. The Morgan fingerprint density at radius 3 is 2.00 bits per heavy atom. The van der Waals surface area contributed by atoms with Crippen LogP contribution in [0, 0.1) is 5.92 Å². The van der Waals surface area contributed by atoms with Crippen LogP contribution < -0.4 is 24.0 Å². The predicted octanol–water partition coefficient (Wildman–Crippen LogP) is 4.55. The Bertz CT molecular complexity index is 1290. The highest BCUT2D eigenvalue weighted by molar-refractivity contribution is 5.97. The summed E-state index contributed by atoms with van der Waals surface area (Å²) in [5, 5.41) is 0. The minimum absolute atomic E-state index is 0.00558. The smallest absolute Gasteiger partial charge is 0.228 e. The number of nitrogens with zero attached hydrogens (tertiary/aromatic N) is 3. The van der Waals surface area contributed by atoms with Gasteiger partial charge >= 0.3 is 0 Å². The van der Waals surface area contributed by atoms with Crippen molar-refractivity contribution in [2.75, 3.05) is 57.3 Å². The van der Waals surface area contributed by atoms with Gasteiger partial charge in [0.1, 0.15) is 17.2 Å². The fraction of sp³-hybridized carbons (Fsp3) is 0.355. The van der Waals surface area contributed by atoms with Gasteiger partial charge in [0, 0.05) is 38.3 Å². The van der Waals surface area contributed by atoms with Gasteiger partial charge in [-0.05, 0) is 60.5 Å². The van der Waals surface area contributed by atoms with E-state index >= 15 is 0 Å². The summed E-state index contributed by atoms with van der Waals surface area (Å²) in [6.07, 6.45) is 0.823. The second-order valence-corrected chi connectivity index (χ2v) is 9.81. The van der Waals surface area contributed by atoms with Gasteiger partial charge in [-0.3, -0.25) is 9.59 Å². The van der Waals surface area contributed by atoms with E-state index in [-0.39, 0.29) is 17.7 Å². The Morgan fingerprint density at radius 1 is 0.769 bits per heavy atom. The first-order valence-electron chi connectivity index (χ1n) is 13.3. The van der Waals surface area contributed by atoms with E-state index in [1.807, 2.05) is 71.6 Å². The molecule has 2 aliphatic rings. The van der Waals surface area contributed by atoms with Gasteiger partial charge in [0.2, 0.25) is 11.8 Å². The average molecular weight is 530 g/mol. The number of piperazine rings is 1. The molecule has 8 heteroatoms. The maximum atomic E-state index is 14.1. The first-order valence-corrected chi connectivity index (χ1v) is 13.3. The summed E-state index contributed by atoms with van der Waals surface area (Å²) in [6, 6.07) is 22.7. The quantitative estimate of drug-likeness (QED) is 0.447. The lowest BCUT2D eigenvalue weighted by Crippen LogP contribution is -2.54. The highest BCUT2D eigenvalue weighted by Gasteiger charge is 2.43. The molecule has 0 aromatic heterocycles. The zero-order valence-electron chi connectivity index (χ0n) is 22.7. The molecule has 2 atom stereocenters. The summed E-state index contributed by atoms with van der Waals surface area (Å²) in [4.78, 5) is 33.5. The molecule has 3 aromatic rings. The van der Waals surface area contributed by atoms with Crippen LogP contribution in [0.1, 0.15) is 24.4 Å². The van der Waals surface area contributed by atoms with Crippen LogP contribution in [-0.4, -0.2) is 64.2 Å². The standard InChI is InChI=1S/C31H35N3O5/c1-37-24-12-8-22(9-13-24)30-26(16-17-29(35)34(30)23-10-14-25(38-2)15-11-23)31(36)33-20-18-32(19-21-33)27-6-4-5-7-28(27)39-3/h4-15,26,30H,16-21H2,1-3H3/t26-,30-/m1/s1. The zero-order valence-corrected chi connectivity index (χ0v) is 22.7. The molecule has 39 heavy (non-hydrogen) atoms. The Labute approximate surface area is 229 Å². The molecule has 2 heterocycles. The zero-order chi connectivity index (χ0) is 27.4. The number of para-hydroxylation sites is 2. The van der Waals surface area contributed by atoms with Gasteiger partial charge in [-0.15, -0.1) is 0 Å². The normalized spacial score (nSPS) is 19.6. The van der Waals surface area contributed by atoms with E-state index in [2.05, 4.69) is 11.0 Å². The van der Waals surface area contributed by atoms with Crippen LogP contribution >= 0.6 is 0 Å². The second-order valence-electron chi connectivity index (χ2n) is 9.81. The van der Waals surface area contributed by atoms with Gasteiger partial charge in [0.15, 0.2) is 0 Å². The van der Waals surface area contributed by atoms with Crippen molar-refractivity contribution in [3.05, 3.63) is 78.4 Å². The van der Waals surface area contributed by atoms with Crippen LogP contribution in [0.2, 0.25) is 0 Å². The number of benzene rings is 3. The lowest BCUT2D eigenvalue weighted by molar-refractivity contribution is -0.138. The molecule has 2 fully saturated rings. The Kier molecular flexibility index (Phi) is 7.91. The molecule has 2 amide bonds. The third-order valence-corrected chi connectivity index (χ3v) is 7.74. The number of carbonyl (C=O) groups is 2. The number of amides is 2. The molecular weight excluding hydrogens is 494 g/mol. The lowest BCUT2D eigenvalue weighted by atomic mass is 9.82. The number of hydrogen-bond donors (Lipinski definition) is 0. The van der Waals surface area contributed by atoms with E-state index in [0.717, 1.165) is 28.4 Å². The fourth-order valence-corrected chi connectivity index (χ4v) is 5.67. The Balaban J connectivity index is 1.42. The molecule has 0 radical (unpaired) electrons. The van der Waals surface area contributed by atoms with Crippen LogP contribution in [0.3, 0.4) is 0 Å². The van der Waals surface area contributed by atoms with Crippen LogP contribution in [0.15, 0.2) is 72.8 Å². The molecule has 0 bridgehead atoms. The molecule has 0 aliphatic carbocycles. The summed E-state index contributed by atoms with van der Waals surface area (Å²) in [7, 11) is 4.92. The molecule has 204 valence electrons. The van der Waals surface area contributed by atoms with Crippen molar-refractivity contribution < 1.29 is 23.8 Å². The molecule has 0 saturated carbocycles. The van der Waals surface area contributed by atoms with Gasteiger partial charge in [-0.1, -0.05) is 24.3 Å². The predicted molar refractivity (Wildman–Crippen MR) is 151 cm³/mol. The molecule has 0 spiro atoms. The van der Waals surface area contributed by atoms with Crippen molar-refractivity contribution in [2.24, 2.45) is 5.92 Å². The average Bonchev–Trinajstić information content (AvgIpc) is 3.00. The van der Waals surface area contributed by atoms with Crippen molar-refractivity contribution >= 4 is 23.2 Å². The van der Waals surface area contributed by atoms with E-state index in [0.29, 0.717) is 44.8 Å². The second kappa shape index (κ2) is 11.7. The maximum Gasteiger partial charge on any atom is 0.228 e. The van der Waals surface area contributed by atoms with Crippen molar-refractivity contribution in [3.8, 4) is 17.2 Å². The first kappa shape index (κ1) is 26.4. The third-order valence-electron chi connectivity index (χ3n) is 7.74. The number of methoxy groups -OCH3 is 3. The van der Waals surface area contributed by atoms with Crippen LogP contribution in [0.25, 0.3) is 0 Å². The minimum Gasteiger partial charge on any atom is -0.497 e. The number of carbonyl (C=O) groups excluding carboxylic acids is 2. The van der Waals surface area contributed by atoms with Gasteiger partial charge < -0.3 is 28.9 Å². The van der Waals surface area contributed by atoms with E-state index in [9.17, 15) is 9.59 Å². The van der Waals surface area contributed by atoms with E-state index in [1.165, 1.54) is 0 Å². The maximum absolute atomic E-state index is 14.1. The van der Waals surface area contributed by atoms with Gasteiger partial charge in [-0.2, -0.15) is 0 Å². The molecule has 2 aliphatic heterocycles. The lowest BCUT2D eigenvalue weighted by Gasteiger charge is -2.44. The van der Waals surface area contributed by atoms with E-state index < -0.39 is 6.04 Å². The van der Waals surface area contributed by atoms with Crippen molar-refractivity contribution in [3.63, 3.8) is 0 Å². The van der Waals surface area contributed by atoms with E-state index in [1.54, 1.807) is 26.2 Å². The molecular formula is C31H35N3O5. The topological polar surface area (TPSA) is 71.6 Å². The first-order chi connectivity index (χ1) is 19.0. The summed E-state index contributed by atoms with van der Waals surface area (Å²) < 4.78 is 16.2. The Hall–Kier alpha value is -4.20. The third kappa shape index (κ3) is 5.37. The SMILES string of the molecule is COc1ccc([C@@H]2[C@H](C(=O)N3CCN(c4ccccc4OC)CC3)CCC(=O)N2c2ccc(OC)cc2)cc1. The summed E-state index contributed by atoms with van der Waals surface area (Å²) in [5.41, 5.74) is 2.70. The van der Waals surface area contributed by atoms with Crippen molar-refractivity contribution in [1.82, 2.24) is 4.90 Å². The molecule has 0 N–H and O–H groups in total. The highest BCUT2D eigenvalue weighted by atomic mass is 16.5. The van der Waals surface area contributed by atoms with E-state index in [4.69, 9.17) is 14.2 Å². The number of hydrogen-bond acceptors (Lipinski definition) is 6. The minimum atomic E-state index is -0.426. The van der Waals surface area contributed by atoms with Gasteiger partial charge in [-0.25, -0.2) is 0 Å². The summed E-state index contributed by atoms with van der Waals surface area (Å²) in [5.74, 6) is 2.00.